The lowest BCUT2D eigenvalue weighted by Gasteiger charge is -2.23. The highest BCUT2D eigenvalue weighted by Crippen LogP contribution is 2.26. The minimum atomic E-state index is -0.776. The number of rotatable bonds is 6. The van der Waals surface area contributed by atoms with Crippen molar-refractivity contribution in [3.8, 4) is 6.07 Å². The van der Waals surface area contributed by atoms with Crippen LogP contribution in [0.4, 0.5) is 4.79 Å². The molecule has 1 atom stereocenters. The Balaban J connectivity index is 2.15. The van der Waals surface area contributed by atoms with Gasteiger partial charge in [-0.05, 0) is 43.2 Å². The van der Waals surface area contributed by atoms with Crippen molar-refractivity contribution in [3.63, 3.8) is 0 Å². The molecule has 2 amide bonds. The summed E-state index contributed by atoms with van der Waals surface area (Å²) in [5, 5.41) is 17.0. The zero-order valence-electron chi connectivity index (χ0n) is 15.2. The molecule has 1 aromatic heterocycles. The molecule has 138 valence electrons. The van der Waals surface area contributed by atoms with Crippen molar-refractivity contribution in [1.82, 2.24) is 10.6 Å². The van der Waals surface area contributed by atoms with Crippen LogP contribution in [0.1, 0.15) is 32.8 Å². The first-order chi connectivity index (χ1) is 12.3. The predicted octanol–water partition coefficient (Wildman–Crippen LogP) is 3.37. The fourth-order valence-corrected chi connectivity index (χ4v) is 3.41. The Morgan fingerprint density at radius 1 is 1.31 bits per heavy atom. The summed E-state index contributed by atoms with van der Waals surface area (Å²) in [6.07, 6.45) is -0.0778. The Hall–Kier alpha value is -2.59. The topological polar surface area (TPSA) is 91.2 Å². The van der Waals surface area contributed by atoms with Gasteiger partial charge in [-0.2, -0.15) is 5.26 Å². The summed E-state index contributed by atoms with van der Waals surface area (Å²) in [5.74, 6) is -0.332. The lowest BCUT2D eigenvalue weighted by molar-refractivity contribution is -0.123. The number of thiophene rings is 1. The van der Waals surface area contributed by atoms with E-state index in [1.54, 1.807) is 32.1 Å². The summed E-state index contributed by atoms with van der Waals surface area (Å²) in [6.45, 7) is 5.54. The molecule has 0 bridgehead atoms. The normalized spacial score (nSPS) is 12.2. The summed E-state index contributed by atoms with van der Waals surface area (Å²) >= 11 is 1.60. The van der Waals surface area contributed by atoms with Crippen LogP contribution in [-0.4, -0.2) is 30.2 Å². The first-order valence-corrected chi connectivity index (χ1v) is 9.27. The second-order valence-electron chi connectivity index (χ2n) is 6.86. The highest BCUT2D eigenvalue weighted by Gasteiger charge is 2.25. The Morgan fingerprint density at radius 2 is 2.04 bits per heavy atom. The Bertz CT molecular complexity index is 817. The maximum atomic E-state index is 12.5. The van der Waals surface area contributed by atoms with Gasteiger partial charge in [-0.3, -0.25) is 4.79 Å². The van der Waals surface area contributed by atoms with Gasteiger partial charge in [0.2, 0.25) is 5.91 Å². The number of nitriles is 1. The average molecular weight is 373 g/mol. The van der Waals surface area contributed by atoms with Crippen molar-refractivity contribution in [3.05, 3.63) is 35.2 Å². The molecule has 0 fully saturated rings. The van der Waals surface area contributed by atoms with Gasteiger partial charge < -0.3 is 15.4 Å². The number of amides is 2. The van der Waals surface area contributed by atoms with Crippen molar-refractivity contribution in [2.45, 2.75) is 45.3 Å². The molecular weight excluding hydrogens is 350 g/mol. The summed E-state index contributed by atoms with van der Waals surface area (Å²) in [4.78, 5) is 24.6. The quantitative estimate of drug-likeness (QED) is 0.760. The number of nitrogens with zero attached hydrogens (tertiary/aromatic N) is 1. The maximum absolute atomic E-state index is 12.5. The van der Waals surface area contributed by atoms with Gasteiger partial charge >= 0.3 is 6.09 Å². The molecule has 0 aliphatic rings. The Kier molecular flexibility index (Phi) is 6.58. The number of fused-ring (bicyclic) bond motifs is 1. The Labute approximate surface area is 157 Å². The monoisotopic (exact) mass is 373 g/mol. The smallest absolute Gasteiger partial charge is 0.408 e. The van der Waals surface area contributed by atoms with Crippen molar-refractivity contribution >= 4 is 33.4 Å². The minimum absolute atomic E-state index is 0.215. The molecule has 0 aliphatic carbocycles. The van der Waals surface area contributed by atoms with E-state index >= 15 is 0 Å². The van der Waals surface area contributed by atoms with Gasteiger partial charge in [0.1, 0.15) is 11.6 Å². The first-order valence-electron chi connectivity index (χ1n) is 8.39. The minimum Gasteiger partial charge on any atom is -0.444 e. The van der Waals surface area contributed by atoms with E-state index < -0.39 is 17.7 Å². The second kappa shape index (κ2) is 8.68. The second-order valence-corrected chi connectivity index (χ2v) is 7.77. The molecule has 0 saturated heterocycles. The summed E-state index contributed by atoms with van der Waals surface area (Å²) in [7, 11) is 0. The van der Waals surface area contributed by atoms with Gasteiger partial charge in [0.25, 0.3) is 0 Å². The van der Waals surface area contributed by atoms with Gasteiger partial charge in [-0.15, -0.1) is 11.3 Å². The van der Waals surface area contributed by atoms with Crippen LogP contribution in [0.3, 0.4) is 0 Å². The number of benzene rings is 1. The lowest BCUT2D eigenvalue weighted by Crippen LogP contribution is -2.49. The average Bonchev–Trinajstić information content (AvgIpc) is 2.96. The molecule has 0 aliphatic heterocycles. The molecule has 26 heavy (non-hydrogen) atoms. The van der Waals surface area contributed by atoms with Crippen LogP contribution in [0.2, 0.25) is 0 Å². The van der Waals surface area contributed by atoms with Crippen LogP contribution in [0.5, 0.6) is 0 Å². The molecule has 2 rings (SSSR count). The van der Waals surface area contributed by atoms with Gasteiger partial charge in [0.05, 0.1) is 12.5 Å². The molecule has 6 nitrogen and oxygen atoms in total. The maximum Gasteiger partial charge on any atom is 0.408 e. The molecule has 0 spiro atoms. The number of nitrogens with one attached hydrogen (secondary N) is 2. The third-order valence-electron chi connectivity index (χ3n) is 3.53. The number of carbonyl (C=O) groups excluding carboxylic acids is 2. The fourth-order valence-electron chi connectivity index (χ4n) is 2.43. The number of hydrogen-bond donors (Lipinski definition) is 2. The number of ether oxygens (including phenoxy) is 1. The van der Waals surface area contributed by atoms with Gasteiger partial charge in [-0.25, -0.2) is 4.79 Å². The molecule has 2 N–H and O–H groups in total. The highest BCUT2D eigenvalue weighted by atomic mass is 32.1. The van der Waals surface area contributed by atoms with Crippen LogP contribution >= 0.6 is 11.3 Å². The lowest BCUT2D eigenvalue weighted by atomic mass is 10.0. The molecule has 0 saturated carbocycles. The summed E-state index contributed by atoms with van der Waals surface area (Å²) in [5.41, 5.74) is 0.336. The van der Waals surface area contributed by atoms with Crippen molar-refractivity contribution in [2.24, 2.45) is 0 Å². The molecule has 2 aromatic rings. The molecule has 1 heterocycles. The van der Waals surface area contributed by atoms with Gasteiger partial charge in [-0.1, -0.05) is 18.2 Å². The van der Waals surface area contributed by atoms with E-state index in [1.165, 1.54) is 0 Å². The molecule has 1 aromatic carbocycles. The predicted molar refractivity (Wildman–Crippen MR) is 102 cm³/mol. The van der Waals surface area contributed by atoms with E-state index in [1.807, 2.05) is 35.7 Å². The molecule has 7 heteroatoms. The Morgan fingerprint density at radius 3 is 2.73 bits per heavy atom. The first kappa shape index (κ1) is 19.7. The van der Waals surface area contributed by atoms with Crippen LogP contribution in [0.25, 0.3) is 10.1 Å². The fraction of sp³-hybridized carbons (Fsp3) is 0.421. The van der Waals surface area contributed by atoms with E-state index in [9.17, 15) is 9.59 Å². The summed E-state index contributed by atoms with van der Waals surface area (Å²) < 4.78 is 6.40. The van der Waals surface area contributed by atoms with E-state index in [0.717, 1.165) is 15.6 Å². The van der Waals surface area contributed by atoms with E-state index in [4.69, 9.17) is 10.00 Å². The summed E-state index contributed by atoms with van der Waals surface area (Å²) in [6, 6.07) is 9.13. The zero-order chi connectivity index (χ0) is 19.2. The van der Waals surface area contributed by atoms with Crippen LogP contribution in [0.15, 0.2) is 29.6 Å². The molecule has 1 unspecified atom stereocenters. The van der Waals surface area contributed by atoms with E-state index in [0.29, 0.717) is 6.42 Å². The van der Waals surface area contributed by atoms with Crippen molar-refractivity contribution < 1.29 is 14.3 Å². The van der Waals surface area contributed by atoms with Crippen molar-refractivity contribution in [1.29, 1.82) is 5.26 Å². The molecular formula is C19H23N3O3S. The van der Waals surface area contributed by atoms with Crippen LogP contribution in [-0.2, 0) is 16.0 Å². The van der Waals surface area contributed by atoms with Crippen molar-refractivity contribution in [2.75, 3.05) is 6.54 Å². The largest absolute Gasteiger partial charge is 0.444 e. The molecule has 0 radical (unpaired) electrons. The number of alkyl carbamates (subject to hydrolysis) is 1. The van der Waals surface area contributed by atoms with Gasteiger partial charge in [0, 0.05) is 17.7 Å². The standard InChI is InChI=1S/C19H23N3O3S/c1-19(2,3)25-18(24)22-15(17(23)21-10-6-9-20)11-13-12-26-16-8-5-4-7-14(13)16/h4-5,7-8,12,15H,6,10-11H2,1-3H3,(H,21,23)(H,22,24). The number of hydrogen-bond acceptors (Lipinski definition) is 5. The van der Waals surface area contributed by atoms with Crippen LogP contribution in [0, 0.1) is 11.3 Å². The third kappa shape index (κ3) is 5.74. The third-order valence-corrected chi connectivity index (χ3v) is 4.54. The van der Waals surface area contributed by atoms with Gasteiger partial charge in [0.15, 0.2) is 0 Å². The van der Waals surface area contributed by atoms with Crippen LogP contribution < -0.4 is 10.6 Å². The van der Waals surface area contributed by atoms with E-state index in [-0.39, 0.29) is 18.9 Å². The SMILES string of the molecule is CC(C)(C)OC(=O)NC(Cc1csc2ccccc12)C(=O)NCCC#N. The highest BCUT2D eigenvalue weighted by molar-refractivity contribution is 7.17. The zero-order valence-corrected chi connectivity index (χ0v) is 16.0. The number of carbonyl (C=O) groups is 2. The van der Waals surface area contributed by atoms with E-state index in [2.05, 4.69) is 10.6 Å².